The molecule has 2 nitrogen and oxygen atoms in total. The highest BCUT2D eigenvalue weighted by molar-refractivity contribution is 7.20. The van der Waals surface area contributed by atoms with E-state index in [2.05, 4.69) is 35.0 Å². The lowest BCUT2D eigenvalue weighted by Crippen LogP contribution is -2.75. The summed E-state index contributed by atoms with van der Waals surface area (Å²) in [6, 6.07) is 13.6. The molecular weight excluding hydrogens is 1080 g/mol. The second-order valence-corrected chi connectivity index (χ2v) is 16.7. The lowest BCUT2D eigenvalue weighted by molar-refractivity contribution is -0.662. The molecule has 0 amide bonds. The highest BCUT2D eigenvalue weighted by Gasteiger charge is 2.47. The molecule has 0 unspecified atom stereocenters. The van der Waals surface area contributed by atoms with Crippen molar-refractivity contribution in [2.75, 3.05) is 0 Å². The Kier molecular flexibility index (Phi) is 15.2. The molecule has 27 heteroatoms. The molecule has 0 saturated carbocycles. The summed E-state index contributed by atoms with van der Waals surface area (Å²) < 4.78 is 343. The highest BCUT2D eigenvalue weighted by Crippen LogP contribution is 2.41. The van der Waals surface area contributed by atoms with E-state index in [9.17, 15) is 105 Å². The third-order valence-electron chi connectivity index (χ3n) is 11.6. The van der Waals surface area contributed by atoms with E-state index >= 15 is 0 Å². The van der Waals surface area contributed by atoms with Gasteiger partial charge in [-0.3, -0.25) is 0 Å². The van der Waals surface area contributed by atoms with Gasteiger partial charge in [-0.1, -0.05) is 78.9 Å². The fourth-order valence-electron chi connectivity index (χ4n) is 8.32. The number of fused-ring (bicyclic) bond motifs is 1. The number of alkyl halides is 24. The monoisotopic (exact) mass is 1110 g/mol. The van der Waals surface area contributed by atoms with Crippen molar-refractivity contribution in [2.45, 2.75) is 56.0 Å². The van der Waals surface area contributed by atoms with E-state index in [1.54, 1.807) is 0 Å². The van der Waals surface area contributed by atoms with Crippen molar-refractivity contribution in [1.82, 2.24) is 0 Å². The average Bonchev–Trinajstić information content (AvgIpc) is 3.30. The topological polar surface area (TPSA) is 27.7 Å². The number of hydrogen-bond acceptors (Lipinski definition) is 1. The molecule has 6 aromatic carbocycles. The average molecular weight is 1110 g/mol. The first-order valence-corrected chi connectivity index (χ1v) is 20.8. The first-order chi connectivity index (χ1) is 34.6. The molecule has 1 heterocycles. The van der Waals surface area contributed by atoms with Gasteiger partial charge in [0.15, 0.2) is 12.7 Å². The lowest BCUT2D eigenvalue weighted by Gasteiger charge is -2.46. The number of halogens is 24. The molecule has 1 aromatic heterocycles. The van der Waals surface area contributed by atoms with Crippen LogP contribution in [0.2, 0.25) is 0 Å². The maximum absolute atomic E-state index is 14.2. The predicted octanol–water partition coefficient (Wildman–Crippen LogP) is 14.3. The Morgan fingerprint density at radius 2 is 0.632 bits per heavy atom. The molecule has 0 aliphatic carbocycles. The first-order valence-electron chi connectivity index (χ1n) is 20.8. The van der Waals surface area contributed by atoms with Crippen LogP contribution in [0.1, 0.15) is 55.6 Å². The van der Waals surface area contributed by atoms with Crippen molar-refractivity contribution in [3.63, 3.8) is 0 Å². The number of rotatable bonds is 6. The van der Waals surface area contributed by atoms with Crippen molar-refractivity contribution in [3.8, 4) is 6.07 Å². The van der Waals surface area contributed by atoms with Gasteiger partial charge in [-0.2, -0.15) is 137 Å². The van der Waals surface area contributed by atoms with E-state index in [1.807, 2.05) is 42.5 Å². The molecule has 0 fully saturated rings. The van der Waals surface area contributed by atoms with Crippen LogP contribution in [0.4, 0.5) is 105 Å². The number of hydrogen-bond donors (Lipinski definition) is 0. The van der Waals surface area contributed by atoms with Crippen LogP contribution in [0, 0.1) is 11.3 Å². The number of nitriles is 1. The quantitative estimate of drug-likeness (QED) is 0.0926. The standard InChI is InChI=1S/C32H12BF24.C17H13N2/c34-25(35,36)13-1-14(26(37,38)39)6-21(5-13)33(22-7-15(27(40,41)42)2-16(8-22)28(43,44)45,23-9-17(29(46,47)48)3-18(10-23)30(49,50)51)24-11-19(31(52,53)54)4-20(12-24)32(55,56)57;18-12-15-8-9-16-7-4-10-19(17(16)11-15)13-14-5-2-1-3-6-14/h1-12H;1-11H,13H2/q-1;+1. The molecular formula is C49H25BF24N2. The number of pyridine rings is 1. The molecule has 7 rings (SSSR count). The molecule has 7 aromatic rings. The molecule has 76 heavy (non-hydrogen) atoms. The molecule has 0 spiro atoms. The van der Waals surface area contributed by atoms with Crippen molar-refractivity contribution < 1.29 is 110 Å². The van der Waals surface area contributed by atoms with Crippen LogP contribution < -0.4 is 26.4 Å². The Balaban J connectivity index is 0.000000408. The van der Waals surface area contributed by atoms with Gasteiger partial charge in [0, 0.05) is 23.1 Å². The Morgan fingerprint density at radius 1 is 0.342 bits per heavy atom. The summed E-state index contributed by atoms with van der Waals surface area (Å²) >= 11 is 0. The second-order valence-electron chi connectivity index (χ2n) is 16.7. The van der Waals surface area contributed by atoms with E-state index in [4.69, 9.17) is 5.26 Å². The molecule has 0 radical (unpaired) electrons. The number of nitrogens with zero attached hydrogens (tertiary/aromatic N) is 2. The van der Waals surface area contributed by atoms with Gasteiger partial charge >= 0.3 is 49.4 Å². The summed E-state index contributed by atoms with van der Waals surface area (Å²) in [4.78, 5) is 0. The zero-order valence-corrected chi connectivity index (χ0v) is 37.0. The Labute approximate surface area is 411 Å². The SMILES string of the molecule is FC(F)(F)c1cc([B-](c2cc(C(F)(F)F)cc(C(F)(F)F)c2)(c2cc(C(F)(F)F)cc(C(F)(F)F)c2)c2cc(C(F)(F)F)cc(C(F)(F)F)c2)cc(C(F)(F)F)c1.N#Cc1ccc2ccc[n+](Cc3ccccc3)c2c1. The Bertz CT molecular complexity index is 2860. The zero-order chi connectivity index (χ0) is 57.0. The third kappa shape index (κ3) is 12.8. The lowest BCUT2D eigenvalue weighted by atomic mass is 9.12. The van der Waals surface area contributed by atoms with Crippen molar-refractivity contribution in [1.29, 1.82) is 5.26 Å². The van der Waals surface area contributed by atoms with Crippen LogP contribution in [0.15, 0.2) is 140 Å². The molecule has 0 N–H and O–H groups in total. The zero-order valence-electron chi connectivity index (χ0n) is 37.0. The van der Waals surface area contributed by atoms with E-state index in [1.165, 1.54) is 5.56 Å². The van der Waals surface area contributed by atoms with Crippen LogP contribution in [0.25, 0.3) is 10.9 Å². The van der Waals surface area contributed by atoms with Gasteiger partial charge < -0.3 is 0 Å². The van der Waals surface area contributed by atoms with Gasteiger partial charge in [-0.15, -0.1) is 0 Å². The fraction of sp³-hybridized carbons (Fsp3) is 0.184. The van der Waals surface area contributed by atoms with Crippen molar-refractivity contribution in [3.05, 3.63) is 195 Å². The van der Waals surface area contributed by atoms with Gasteiger partial charge in [0.25, 0.3) is 0 Å². The van der Waals surface area contributed by atoms with E-state index < -0.39 is 195 Å². The summed E-state index contributed by atoms with van der Waals surface area (Å²) in [5.41, 5.74) is -27.2. The van der Waals surface area contributed by atoms with E-state index in [-0.39, 0.29) is 0 Å². The van der Waals surface area contributed by atoms with E-state index in [0.29, 0.717) is 5.56 Å². The van der Waals surface area contributed by atoms with Crippen LogP contribution in [0.3, 0.4) is 0 Å². The number of aromatic nitrogens is 1. The molecule has 0 atom stereocenters. The molecule has 402 valence electrons. The second kappa shape index (κ2) is 20.0. The van der Waals surface area contributed by atoms with Crippen LogP contribution in [-0.2, 0) is 56.0 Å². The van der Waals surface area contributed by atoms with Gasteiger partial charge in [0.05, 0.1) is 56.1 Å². The van der Waals surface area contributed by atoms with Gasteiger partial charge in [0.1, 0.15) is 6.15 Å². The third-order valence-corrected chi connectivity index (χ3v) is 11.6. The highest BCUT2D eigenvalue weighted by atomic mass is 19.4. The summed E-state index contributed by atoms with van der Waals surface area (Å²) in [7, 11) is 0. The largest absolute Gasteiger partial charge is 0.416 e. The fourth-order valence-corrected chi connectivity index (χ4v) is 8.32. The summed E-state index contributed by atoms with van der Waals surface area (Å²) in [5.74, 6) is 0. The van der Waals surface area contributed by atoms with Crippen LogP contribution >= 0.6 is 0 Å². The van der Waals surface area contributed by atoms with Crippen molar-refractivity contribution >= 4 is 38.9 Å². The smallest absolute Gasteiger partial charge is 0.194 e. The Morgan fingerprint density at radius 3 is 0.895 bits per heavy atom. The Hall–Kier alpha value is -7.40. The molecule has 0 saturated heterocycles. The van der Waals surface area contributed by atoms with Crippen LogP contribution in [0.5, 0.6) is 0 Å². The summed E-state index contributed by atoms with van der Waals surface area (Å²) in [5, 5.41) is 10.2. The predicted molar refractivity (Wildman–Crippen MR) is 224 cm³/mol. The van der Waals surface area contributed by atoms with E-state index in [0.717, 1.165) is 17.4 Å². The molecule has 0 aliphatic rings. The minimum Gasteiger partial charge on any atom is -0.194 e. The normalized spacial score (nSPS) is 13.3. The van der Waals surface area contributed by atoms with Crippen molar-refractivity contribution in [2.24, 2.45) is 0 Å². The van der Waals surface area contributed by atoms with Gasteiger partial charge in [-0.05, 0) is 42.5 Å². The first kappa shape index (κ1) is 57.9. The maximum atomic E-state index is 14.2. The van der Waals surface area contributed by atoms with Crippen LogP contribution in [-0.4, -0.2) is 6.15 Å². The minimum atomic E-state index is -6.13. The summed E-state index contributed by atoms with van der Waals surface area (Å²) in [6.07, 6.45) is -52.8. The minimum absolute atomic E-state index is 0.691. The molecule has 0 aliphatic heterocycles. The van der Waals surface area contributed by atoms with Gasteiger partial charge in [-0.25, -0.2) is 0 Å². The summed E-state index contributed by atoms with van der Waals surface area (Å²) in [6.45, 7) is 0.813. The van der Waals surface area contributed by atoms with Gasteiger partial charge in [0.2, 0.25) is 5.52 Å². The maximum Gasteiger partial charge on any atom is 0.416 e. The number of benzene rings is 6. The molecule has 0 bridgehead atoms.